The maximum atomic E-state index is 11.9. The van der Waals surface area contributed by atoms with Crippen molar-refractivity contribution in [2.75, 3.05) is 13.7 Å². The number of hydrogen-bond acceptors (Lipinski definition) is 5. The molecule has 0 aliphatic carbocycles. The average Bonchev–Trinajstić information content (AvgIpc) is 2.64. The second-order valence-electron chi connectivity index (χ2n) is 6.45. The number of ether oxygens (including phenoxy) is 2. The number of nitrogens with one attached hydrogen (secondary N) is 2. The predicted molar refractivity (Wildman–Crippen MR) is 109 cm³/mol. The Balaban J connectivity index is 2.06. The Morgan fingerprint density at radius 3 is 2.29 bits per heavy atom. The molecule has 0 aromatic heterocycles. The van der Waals surface area contributed by atoms with Crippen molar-refractivity contribution in [3.63, 3.8) is 0 Å². The molecular weight excluding hydrogens is 428 g/mol. The monoisotopic (exact) mass is 452 g/mol. The summed E-state index contributed by atoms with van der Waals surface area (Å²) in [7, 11) is 1.52. The van der Waals surface area contributed by atoms with Gasteiger partial charge in [-0.3, -0.25) is 20.2 Å². The van der Waals surface area contributed by atoms with Crippen LogP contribution in [0, 0.1) is 0 Å². The Bertz CT molecular complexity index is 754. The molecule has 1 aromatic carbocycles. The van der Waals surface area contributed by atoms with Crippen molar-refractivity contribution in [1.82, 2.24) is 10.6 Å². The van der Waals surface area contributed by atoms with Crippen LogP contribution in [0.4, 0.5) is 4.79 Å². The second kappa shape index (κ2) is 10.8. The predicted octanol–water partition coefficient (Wildman–Crippen LogP) is 3.95. The molecular formula is C20H25BrN2O5. The quantitative estimate of drug-likeness (QED) is 0.318. The summed E-state index contributed by atoms with van der Waals surface area (Å²) in [4.78, 5) is 34.9. The number of carbonyl (C=O) groups is 3. The van der Waals surface area contributed by atoms with E-state index in [0.717, 1.165) is 12.8 Å². The fourth-order valence-electron chi connectivity index (χ4n) is 2.79. The van der Waals surface area contributed by atoms with Gasteiger partial charge in [0.2, 0.25) is 0 Å². The van der Waals surface area contributed by atoms with Crippen LogP contribution in [0.5, 0.6) is 11.5 Å². The first-order chi connectivity index (χ1) is 13.5. The van der Waals surface area contributed by atoms with E-state index in [1.54, 1.807) is 12.1 Å². The minimum absolute atomic E-state index is 0.158. The zero-order valence-corrected chi connectivity index (χ0v) is 17.7. The van der Waals surface area contributed by atoms with Crippen molar-refractivity contribution in [1.29, 1.82) is 0 Å². The SMILES string of the molecule is CCCCCCCCOc1c(Br)cc(C=C2C(=O)NC(=O)NC2=O)cc1OC. The molecule has 8 heteroatoms. The van der Waals surface area contributed by atoms with Gasteiger partial charge in [-0.15, -0.1) is 0 Å². The largest absolute Gasteiger partial charge is 0.493 e. The highest BCUT2D eigenvalue weighted by Gasteiger charge is 2.27. The van der Waals surface area contributed by atoms with Crippen LogP contribution in [0.15, 0.2) is 22.2 Å². The van der Waals surface area contributed by atoms with E-state index >= 15 is 0 Å². The van der Waals surface area contributed by atoms with Gasteiger partial charge in [0.15, 0.2) is 11.5 Å². The van der Waals surface area contributed by atoms with E-state index in [1.165, 1.54) is 38.9 Å². The first-order valence-corrected chi connectivity index (χ1v) is 10.1. The Morgan fingerprint density at radius 1 is 1.00 bits per heavy atom. The summed E-state index contributed by atoms with van der Waals surface area (Å²) in [5.41, 5.74) is 0.402. The lowest BCUT2D eigenvalue weighted by Crippen LogP contribution is -2.51. The molecule has 0 bridgehead atoms. The van der Waals surface area contributed by atoms with Gasteiger partial charge < -0.3 is 9.47 Å². The lowest BCUT2D eigenvalue weighted by molar-refractivity contribution is -0.123. The molecule has 1 saturated heterocycles. The number of imide groups is 2. The maximum absolute atomic E-state index is 11.9. The highest BCUT2D eigenvalue weighted by Crippen LogP contribution is 2.37. The molecule has 2 N–H and O–H groups in total. The van der Waals surface area contributed by atoms with Crippen molar-refractivity contribution in [3.05, 3.63) is 27.7 Å². The molecule has 1 aliphatic rings. The zero-order valence-electron chi connectivity index (χ0n) is 16.1. The van der Waals surface area contributed by atoms with E-state index in [1.807, 2.05) is 10.6 Å². The highest BCUT2D eigenvalue weighted by molar-refractivity contribution is 9.10. The van der Waals surface area contributed by atoms with E-state index in [0.29, 0.717) is 28.1 Å². The van der Waals surface area contributed by atoms with Gasteiger partial charge in [-0.25, -0.2) is 4.79 Å². The van der Waals surface area contributed by atoms with Gasteiger partial charge in [0.1, 0.15) is 5.57 Å². The molecule has 1 aliphatic heterocycles. The molecule has 28 heavy (non-hydrogen) atoms. The summed E-state index contributed by atoms with van der Waals surface area (Å²) < 4.78 is 11.9. The molecule has 0 unspecified atom stereocenters. The number of unbranched alkanes of at least 4 members (excludes halogenated alkanes) is 5. The number of halogens is 1. The number of barbiturate groups is 1. The summed E-state index contributed by atoms with van der Waals surface area (Å²) in [6.07, 6.45) is 8.41. The topological polar surface area (TPSA) is 93.7 Å². The van der Waals surface area contributed by atoms with Crippen LogP contribution in [0.25, 0.3) is 6.08 Å². The number of hydrogen-bond donors (Lipinski definition) is 2. The molecule has 1 fully saturated rings. The molecule has 0 radical (unpaired) electrons. The molecule has 0 saturated carbocycles. The summed E-state index contributed by atoms with van der Waals surface area (Å²) in [6.45, 7) is 2.77. The van der Waals surface area contributed by atoms with E-state index in [-0.39, 0.29) is 5.57 Å². The molecule has 4 amide bonds. The Morgan fingerprint density at radius 2 is 1.64 bits per heavy atom. The molecule has 1 aromatic rings. The van der Waals surface area contributed by atoms with E-state index < -0.39 is 17.8 Å². The summed E-state index contributed by atoms with van der Waals surface area (Å²) in [6, 6.07) is 2.57. The molecule has 7 nitrogen and oxygen atoms in total. The summed E-state index contributed by atoms with van der Waals surface area (Å²) >= 11 is 3.46. The van der Waals surface area contributed by atoms with E-state index in [9.17, 15) is 14.4 Å². The standard InChI is InChI=1S/C20H25BrN2O5/c1-3-4-5-6-7-8-9-28-17-15(21)11-13(12-16(17)27-2)10-14-18(24)22-20(26)23-19(14)25/h10-12H,3-9H2,1-2H3,(H2,22,23,24,25,26). The number of amides is 4. The molecule has 1 heterocycles. The summed E-state index contributed by atoms with van der Waals surface area (Å²) in [5, 5.41) is 4.08. The molecule has 2 rings (SSSR count). The van der Waals surface area contributed by atoms with Crippen molar-refractivity contribution >= 4 is 39.9 Å². The molecule has 0 atom stereocenters. The van der Waals surface area contributed by atoms with Crippen molar-refractivity contribution in [2.24, 2.45) is 0 Å². The third kappa shape index (κ3) is 6.09. The summed E-state index contributed by atoms with van der Waals surface area (Å²) in [5.74, 6) is -0.426. The van der Waals surface area contributed by atoms with Crippen molar-refractivity contribution < 1.29 is 23.9 Å². The van der Waals surface area contributed by atoms with Gasteiger partial charge in [-0.1, -0.05) is 39.0 Å². The van der Waals surface area contributed by atoms with E-state index in [2.05, 4.69) is 22.9 Å². The molecule has 152 valence electrons. The number of methoxy groups -OCH3 is 1. The second-order valence-corrected chi connectivity index (χ2v) is 7.30. The smallest absolute Gasteiger partial charge is 0.328 e. The van der Waals surface area contributed by atoms with Gasteiger partial charge in [-0.05, 0) is 46.1 Å². The van der Waals surface area contributed by atoms with E-state index in [4.69, 9.17) is 9.47 Å². The Labute approximate surface area is 173 Å². The first-order valence-electron chi connectivity index (χ1n) is 9.35. The number of urea groups is 1. The third-order valence-corrected chi connectivity index (χ3v) is 4.84. The first kappa shape index (κ1) is 21.9. The van der Waals surface area contributed by atoms with Gasteiger partial charge in [-0.2, -0.15) is 0 Å². The van der Waals surface area contributed by atoms with Gasteiger partial charge >= 0.3 is 6.03 Å². The Hall–Kier alpha value is -2.35. The highest BCUT2D eigenvalue weighted by atomic mass is 79.9. The van der Waals surface area contributed by atoms with Gasteiger partial charge in [0, 0.05) is 0 Å². The lowest BCUT2D eigenvalue weighted by atomic mass is 10.1. The van der Waals surface area contributed by atoms with Gasteiger partial charge in [0.25, 0.3) is 11.8 Å². The lowest BCUT2D eigenvalue weighted by Gasteiger charge is -2.16. The normalized spacial score (nSPS) is 13.8. The van der Waals surface area contributed by atoms with Crippen LogP contribution in [-0.4, -0.2) is 31.6 Å². The van der Waals surface area contributed by atoms with Crippen LogP contribution in [-0.2, 0) is 9.59 Å². The zero-order chi connectivity index (χ0) is 20.5. The third-order valence-electron chi connectivity index (χ3n) is 4.25. The average molecular weight is 453 g/mol. The minimum atomic E-state index is -0.829. The van der Waals surface area contributed by atoms with Crippen molar-refractivity contribution in [3.8, 4) is 11.5 Å². The Kier molecular flexibility index (Phi) is 8.50. The number of rotatable bonds is 10. The van der Waals surface area contributed by atoms with Crippen LogP contribution in [0.1, 0.15) is 51.0 Å². The maximum Gasteiger partial charge on any atom is 0.328 e. The van der Waals surface area contributed by atoms with Crippen molar-refractivity contribution in [2.45, 2.75) is 45.4 Å². The van der Waals surface area contributed by atoms with Gasteiger partial charge in [0.05, 0.1) is 18.2 Å². The van der Waals surface area contributed by atoms with Crippen LogP contribution in [0.2, 0.25) is 0 Å². The number of carbonyl (C=O) groups excluding carboxylic acids is 3. The van der Waals surface area contributed by atoms with Crippen LogP contribution < -0.4 is 20.1 Å². The van der Waals surface area contributed by atoms with Crippen LogP contribution in [0.3, 0.4) is 0 Å². The minimum Gasteiger partial charge on any atom is -0.493 e. The number of benzene rings is 1. The fraction of sp³-hybridized carbons (Fsp3) is 0.450. The van der Waals surface area contributed by atoms with Crippen LogP contribution >= 0.6 is 15.9 Å². The fourth-order valence-corrected chi connectivity index (χ4v) is 3.37. The molecule has 0 spiro atoms.